The number of aryl methyl sites for hydroxylation is 1. The molecular formula is C17H29N3O2. The third-order valence-corrected chi connectivity index (χ3v) is 4.11. The Balaban J connectivity index is 1.78. The predicted molar refractivity (Wildman–Crippen MR) is 88.0 cm³/mol. The molecule has 2 rings (SSSR count). The lowest BCUT2D eigenvalue weighted by Crippen LogP contribution is -2.60. The SMILES string of the molecule is CCn1c(C)cc(CNC2CN(C(=O)OC(C)(C)C)C2)c1C. The molecule has 1 fully saturated rings. The fourth-order valence-electron chi connectivity index (χ4n) is 2.88. The fraction of sp³-hybridized carbons (Fsp3) is 0.706. The summed E-state index contributed by atoms with van der Waals surface area (Å²) in [4.78, 5) is 13.6. The molecule has 2 heterocycles. The van der Waals surface area contributed by atoms with Gasteiger partial charge in [-0.2, -0.15) is 0 Å². The van der Waals surface area contributed by atoms with Gasteiger partial charge in [-0.05, 0) is 53.2 Å². The van der Waals surface area contributed by atoms with Gasteiger partial charge in [-0.1, -0.05) is 0 Å². The first kappa shape index (κ1) is 16.9. The van der Waals surface area contributed by atoms with E-state index in [1.807, 2.05) is 20.8 Å². The van der Waals surface area contributed by atoms with Crippen LogP contribution in [-0.4, -0.2) is 40.3 Å². The van der Waals surface area contributed by atoms with Crippen molar-refractivity contribution in [1.29, 1.82) is 0 Å². The Morgan fingerprint density at radius 2 is 2.00 bits per heavy atom. The number of ether oxygens (including phenoxy) is 1. The van der Waals surface area contributed by atoms with Gasteiger partial charge in [0.1, 0.15) is 5.60 Å². The summed E-state index contributed by atoms with van der Waals surface area (Å²) in [6.07, 6.45) is -0.213. The Morgan fingerprint density at radius 3 is 2.50 bits per heavy atom. The molecule has 0 spiro atoms. The van der Waals surface area contributed by atoms with Crippen molar-refractivity contribution in [3.8, 4) is 0 Å². The van der Waals surface area contributed by atoms with Crippen LogP contribution in [0.15, 0.2) is 6.07 Å². The second-order valence-electron chi connectivity index (χ2n) is 7.10. The standard InChI is InChI=1S/C17H29N3O2/c1-7-20-12(2)8-14(13(20)3)9-18-15-10-19(11-15)16(21)22-17(4,5)6/h8,15,18H,7,9-11H2,1-6H3. The van der Waals surface area contributed by atoms with E-state index >= 15 is 0 Å². The largest absolute Gasteiger partial charge is 0.444 e. The number of likely N-dealkylation sites (tertiary alicyclic amines) is 1. The number of carbonyl (C=O) groups is 1. The number of hydrogen-bond acceptors (Lipinski definition) is 3. The Bertz CT molecular complexity index is 537. The minimum Gasteiger partial charge on any atom is -0.444 e. The van der Waals surface area contributed by atoms with E-state index in [9.17, 15) is 4.79 Å². The molecule has 5 heteroatoms. The zero-order valence-electron chi connectivity index (χ0n) is 14.7. The maximum Gasteiger partial charge on any atom is 0.410 e. The van der Waals surface area contributed by atoms with Crippen LogP contribution >= 0.6 is 0 Å². The third-order valence-electron chi connectivity index (χ3n) is 4.11. The molecule has 22 heavy (non-hydrogen) atoms. The van der Waals surface area contributed by atoms with Crippen LogP contribution in [0, 0.1) is 13.8 Å². The molecule has 0 aromatic carbocycles. The quantitative estimate of drug-likeness (QED) is 0.930. The minimum atomic E-state index is -0.423. The van der Waals surface area contributed by atoms with Crippen molar-refractivity contribution in [2.45, 2.75) is 66.3 Å². The smallest absolute Gasteiger partial charge is 0.410 e. The number of hydrogen-bond donors (Lipinski definition) is 1. The Labute approximate surface area is 133 Å². The summed E-state index contributed by atoms with van der Waals surface area (Å²) in [5.41, 5.74) is 3.56. The second kappa shape index (κ2) is 6.32. The van der Waals surface area contributed by atoms with Gasteiger partial charge in [0, 0.05) is 43.6 Å². The highest BCUT2D eigenvalue weighted by Gasteiger charge is 2.33. The highest BCUT2D eigenvalue weighted by atomic mass is 16.6. The van der Waals surface area contributed by atoms with Crippen LogP contribution in [0.1, 0.15) is 44.6 Å². The Morgan fingerprint density at radius 1 is 1.36 bits per heavy atom. The highest BCUT2D eigenvalue weighted by molar-refractivity contribution is 5.69. The molecule has 0 saturated carbocycles. The monoisotopic (exact) mass is 307 g/mol. The molecule has 0 aliphatic carbocycles. The van der Waals surface area contributed by atoms with Gasteiger partial charge in [0.25, 0.3) is 0 Å². The number of nitrogens with zero attached hydrogens (tertiary/aromatic N) is 2. The maximum atomic E-state index is 11.9. The van der Waals surface area contributed by atoms with Gasteiger partial charge in [0.05, 0.1) is 0 Å². The van der Waals surface area contributed by atoms with Gasteiger partial charge >= 0.3 is 6.09 Å². The van der Waals surface area contributed by atoms with E-state index in [2.05, 4.69) is 36.7 Å². The molecule has 0 bridgehead atoms. The van der Waals surface area contributed by atoms with Crippen molar-refractivity contribution in [3.05, 3.63) is 23.0 Å². The summed E-state index contributed by atoms with van der Waals surface area (Å²) >= 11 is 0. The Kier molecular flexibility index (Phi) is 4.85. The molecule has 5 nitrogen and oxygen atoms in total. The molecule has 0 radical (unpaired) electrons. The highest BCUT2D eigenvalue weighted by Crippen LogP contribution is 2.18. The van der Waals surface area contributed by atoms with Crippen molar-refractivity contribution < 1.29 is 9.53 Å². The Hall–Kier alpha value is -1.49. The molecule has 1 aromatic rings. The first-order chi connectivity index (χ1) is 10.2. The number of rotatable bonds is 4. The van der Waals surface area contributed by atoms with Gasteiger partial charge in [-0.25, -0.2) is 4.79 Å². The number of carbonyl (C=O) groups excluding carboxylic acids is 1. The molecule has 1 aliphatic heterocycles. The third kappa shape index (κ3) is 3.83. The van der Waals surface area contributed by atoms with Gasteiger partial charge in [0.15, 0.2) is 0 Å². The maximum absolute atomic E-state index is 11.9. The average Bonchev–Trinajstić information content (AvgIpc) is 2.59. The number of nitrogens with one attached hydrogen (secondary N) is 1. The van der Waals surface area contributed by atoms with E-state index in [4.69, 9.17) is 4.74 Å². The normalized spacial score (nSPS) is 15.8. The van der Waals surface area contributed by atoms with Crippen LogP contribution < -0.4 is 5.32 Å². The first-order valence-electron chi connectivity index (χ1n) is 8.08. The predicted octanol–water partition coefficient (Wildman–Crippen LogP) is 2.83. The van der Waals surface area contributed by atoms with Crippen molar-refractivity contribution in [3.63, 3.8) is 0 Å². The fourth-order valence-corrected chi connectivity index (χ4v) is 2.88. The average molecular weight is 307 g/mol. The molecule has 1 saturated heterocycles. The van der Waals surface area contributed by atoms with Crippen LogP contribution in [0.3, 0.4) is 0 Å². The lowest BCUT2D eigenvalue weighted by atomic mass is 10.1. The second-order valence-corrected chi connectivity index (χ2v) is 7.10. The van der Waals surface area contributed by atoms with Gasteiger partial charge in [-0.15, -0.1) is 0 Å². The van der Waals surface area contributed by atoms with E-state index < -0.39 is 5.60 Å². The van der Waals surface area contributed by atoms with E-state index in [1.54, 1.807) is 4.90 Å². The van der Waals surface area contributed by atoms with Crippen LogP contribution in [0.5, 0.6) is 0 Å². The van der Waals surface area contributed by atoms with E-state index in [0.717, 1.165) is 26.2 Å². The summed E-state index contributed by atoms with van der Waals surface area (Å²) in [7, 11) is 0. The van der Waals surface area contributed by atoms with Crippen molar-refractivity contribution in [2.24, 2.45) is 0 Å². The van der Waals surface area contributed by atoms with Gasteiger partial charge in [-0.3, -0.25) is 0 Å². The number of aromatic nitrogens is 1. The lowest BCUT2D eigenvalue weighted by Gasteiger charge is -2.40. The molecule has 0 unspecified atom stereocenters. The number of amides is 1. The minimum absolute atomic E-state index is 0.213. The van der Waals surface area contributed by atoms with Crippen molar-refractivity contribution in [1.82, 2.24) is 14.8 Å². The summed E-state index contributed by atoms with van der Waals surface area (Å²) < 4.78 is 7.69. The zero-order valence-corrected chi connectivity index (χ0v) is 14.7. The van der Waals surface area contributed by atoms with E-state index in [1.165, 1.54) is 17.0 Å². The molecular weight excluding hydrogens is 278 g/mol. The van der Waals surface area contributed by atoms with Crippen LogP contribution in [-0.2, 0) is 17.8 Å². The summed E-state index contributed by atoms with van der Waals surface area (Å²) in [6, 6.07) is 2.60. The summed E-state index contributed by atoms with van der Waals surface area (Å²) in [5.74, 6) is 0. The first-order valence-corrected chi connectivity index (χ1v) is 8.08. The van der Waals surface area contributed by atoms with E-state index in [-0.39, 0.29) is 6.09 Å². The summed E-state index contributed by atoms with van der Waals surface area (Å²) in [5, 5.41) is 3.53. The molecule has 124 valence electrons. The van der Waals surface area contributed by atoms with Crippen molar-refractivity contribution in [2.75, 3.05) is 13.1 Å². The van der Waals surface area contributed by atoms with Gasteiger partial charge in [0.2, 0.25) is 0 Å². The molecule has 1 aromatic heterocycles. The molecule has 1 N–H and O–H groups in total. The molecule has 1 amide bonds. The van der Waals surface area contributed by atoms with Crippen molar-refractivity contribution >= 4 is 6.09 Å². The molecule has 1 aliphatic rings. The van der Waals surface area contributed by atoms with Crippen LogP contribution in [0.2, 0.25) is 0 Å². The van der Waals surface area contributed by atoms with E-state index in [0.29, 0.717) is 6.04 Å². The zero-order chi connectivity index (χ0) is 16.5. The van der Waals surface area contributed by atoms with Crippen LogP contribution in [0.25, 0.3) is 0 Å². The van der Waals surface area contributed by atoms with Crippen LogP contribution in [0.4, 0.5) is 4.79 Å². The summed E-state index contributed by atoms with van der Waals surface area (Å²) in [6.45, 7) is 15.5. The molecule has 0 atom stereocenters. The van der Waals surface area contributed by atoms with Gasteiger partial charge < -0.3 is 19.5 Å². The lowest BCUT2D eigenvalue weighted by molar-refractivity contribution is 0.00518. The topological polar surface area (TPSA) is 46.5 Å².